The zero-order chi connectivity index (χ0) is 31.6. The average molecular weight is 795 g/mol. The topological polar surface area (TPSA) is 38.9 Å². The smallest absolute Gasteiger partial charge is 0.131 e. The van der Waals surface area contributed by atoms with Crippen molar-refractivity contribution in [2.75, 3.05) is 0 Å². The summed E-state index contributed by atoms with van der Waals surface area (Å²) in [6, 6.07) is 43.8. The SMILES string of the molecule is CC(C)(C)c1ccnc(-c2[c-]cc3c(c2)oc2c(-c4ccccc4)cccc23)c1.C[Si](C)(C)c1ccc(-c2[c-]cccc2)nc1.[Ir]. The van der Waals surface area contributed by atoms with Gasteiger partial charge in [-0.25, -0.2) is 0 Å². The summed E-state index contributed by atoms with van der Waals surface area (Å²) in [4.78, 5) is 9.09. The molecule has 0 fully saturated rings. The zero-order valence-corrected chi connectivity index (χ0v) is 30.6. The number of rotatable bonds is 4. The van der Waals surface area contributed by atoms with Gasteiger partial charge >= 0.3 is 0 Å². The molecule has 0 spiro atoms. The summed E-state index contributed by atoms with van der Waals surface area (Å²) < 4.78 is 6.35. The largest absolute Gasteiger partial charge is 0.476 e. The van der Waals surface area contributed by atoms with E-state index in [1.807, 2.05) is 48.8 Å². The molecule has 7 rings (SSSR count). The first-order valence-corrected chi connectivity index (χ1v) is 18.9. The first-order chi connectivity index (χ1) is 21.6. The van der Waals surface area contributed by atoms with E-state index in [0.717, 1.165) is 55.6 Å². The summed E-state index contributed by atoms with van der Waals surface area (Å²) in [6.07, 6.45) is 3.89. The number of fused-ring (bicyclic) bond motifs is 3. The standard InChI is InChI=1S/C27H22NO.C14H16NSi.Ir/c1-27(2,3)20-14-15-28-24(17-20)19-12-13-22-23-11-7-10-21(18-8-5-4-6-9-18)26(23)29-25(22)16-19;1-16(2,3)13-9-10-14(15-11-13)12-7-5-4-6-8-12;/h4-11,13-17H,1-3H3;4-7,9-11H,1-3H3;/q2*-1;. The maximum absolute atomic E-state index is 6.35. The molecule has 0 aliphatic rings. The van der Waals surface area contributed by atoms with E-state index in [2.05, 4.69) is 135 Å². The van der Waals surface area contributed by atoms with Crippen LogP contribution in [0.5, 0.6) is 0 Å². The summed E-state index contributed by atoms with van der Waals surface area (Å²) in [7, 11) is -1.23. The van der Waals surface area contributed by atoms with Gasteiger partial charge in [0.1, 0.15) is 5.58 Å². The van der Waals surface area contributed by atoms with Crippen molar-refractivity contribution >= 4 is 35.2 Å². The Labute approximate surface area is 287 Å². The van der Waals surface area contributed by atoms with Crippen molar-refractivity contribution in [3.05, 3.63) is 139 Å². The molecule has 4 aromatic carbocycles. The third kappa shape index (κ3) is 7.29. The minimum absolute atomic E-state index is 0. The minimum Gasteiger partial charge on any atom is -0.476 e. The molecule has 0 aliphatic carbocycles. The molecule has 0 atom stereocenters. The summed E-state index contributed by atoms with van der Waals surface area (Å²) in [5.41, 5.74) is 9.29. The van der Waals surface area contributed by atoms with Crippen LogP contribution in [-0.4, -0.2) is 18.0 Å². The maximum Gasteiger partial charge on any atom is 0.131 e. The molecule has 3 nitrogen and oxygen atoms in total. The van der Waals surface area contributed by atoms with Gasteiger partial charge in [0, 0.05) is 38.1 Å². The molecule has 0 aliphatic heterocycles. The molecule has 0 saturated carbocycles. The number of para-hydroxylation sites is 1. The van der Waals surface area contributed by atoms with E-state index in [1.165, 1.54) is 10.8 Å². The Kier molecular flexibility index (Phi) is 9.88. The van der Waals surface area contributed by atoms with Crippen LogP contribution in [0.4, 0.5) is 0 Å². The molecule has 0 N–H and O–H groups in total. The van der Waals surface area contributed by atoms with E-state index in [1.54, 1.807) is 0 Å². The van der Waals surface area contributed by atoms with Crippen LogP contribution in [0.25, 0.3) is 55.6 Å². The van der Waals surface area contributed by atoms with Crippen molar-refractivity contribution in [1.29, 1.82) is 0 Å². The van der Waals surface area contributed by atoms with Gasteiger partial charge in [0.15, 0.2) is 0 Å². The summed E-state index contributed by atoms with van der Waals surface area (Å²) in [6.45, 7) is 13.6. The van der Waals surface area contributed by atoms with Gasteiger partial charge < -0.3 is 14.4 Å². The van der Waals surface area contributed by atoms with Crippen LogP contribution in [0.15, 0.2) is 126 Å². The second-order valence-electron chi connectivity index (χ2n) is 13.4. The van der Waals surface area contributed by atoms with E-state index < -0.39 is 8.07 Å². The van der Waals surface area contributed by atoms with Gasteiger partial charge in [0.2, 0.25) is 0 Å². The number of pyridine rings is 2. The fourth-order valence-corrected chi connectivity index (χ4v) is 6.36. The molecule has 3 aromatic heterocycles. The molecule has 0 saturated heterocycles. The predicted molar refractivity (Wildman–Crippen MR) is 191 cm³/mol. The van der Waals surface area contributed by atoms with Gasteiger partial charge in [-0.05, 0) is 44.6 Å². The molecule has 0 amide bonds. The average Bonchev–Trinajstić information content (AvgIpc) is 3.43. The third-order valence-corrected chi connectivity index (χ3v) is 10.1. The van der Waals surface area contributed by atoms with Crippen molar-refractivity contribution < 1.29 is 24.5 Å². The van der Waals surface area contributed by atoms with Crippen LogP contribution < -0.4 is 5.19 Å². The fraction of sp³-hybridized carbons (Fsp3) is 0.171. The number of hydrogen-bond acceptors (Lipinski definition) is 3. The van der Waals surface area contributed by atoms with Crippen molar-refractivity contribution in [3.8, 4) is 33.6 Å². The van der Waals surface area contributed by atoms with E-state index in [9.17, 15) is 0 Å². The first kappa shape index (κ1) is 33.2. The summed E-state index contributed by atoms with van der Waals surface area (Å²) in [5, 5.41) is 3.58. The number of benzene rings is 4. The molecule has 3 heterocycles. The Morgan fingerprint density at radius 3 is 2.15 bits per heavy atom. The second-order valence-corrected chi connectivity index (χ2v) is 18.5. The molecule has 5 heteroatoms. The van der Waals surface area contributed by atoms with Gasteiger partial charge in [-0.3, -0.25) is 0 Å². The normalized spacial score (nSPS) is 11.5. The molecule has 0 unspecified atom stereocenters. The van der Waals surface area contributed by atoms with Crippen molar-refractivity contribution in [2.45, 2.75) is 45.8 Å². The third-order valence-electron chi connectivity index (χ3n) is 8.03. The quantitative estimate of drug-likeness (QED) is 0.132. The Bertz CT molecular complexity index is 2060. The van der Waals surface area contributed by atoms with Crippen molar-refractivity contribution in [1.82, 2.24) is 9.97 Å². The Morgan fingerprint density at radius 2 is 1.48 bits per heavy atom. The van der Waals surface area contributed by atoms with Crippen LogP contribution in [0.3, 0.4) is 0 Å². The van der Waals surface area contributed by atoms with Crippen LogP contribution in [0.2, 0.25) is 19.6 Å². The summed E-state index contributed by atoms with van der Waals surface area (Å²) >= 11 is 0. The molecule has 46 heavy (non-hydrogen) atoms. The van der Waals surface area contributed by atoms with Crippen LogP contribution in [0, 0.1) is 12.1 Å². The van der Waals surface area contributed by atoms with Gasteiger partial charge in [0.05, 0.1) is 13.7 Å². The van der Waals surface area contributed by atoms with Crippen molar-refractivity contribution in [2.24, 2.45) is 0 Å². The molecule has 233 valence electrons. The predicted octanol–water partition coefficient (Wildman–Crippen LogP) is 10.5. The molecule has 7 aromatic rings. The van der Waals surface area contributed by atoms with Crippen molar-refractivity contribution in [3.63, 3.8) is 0 Å². The number of aromatic nitrogens is 2. The zero-order valence-electron chi connectivity index (χ0n) is 27.2. The number of furan rings is 1. The monoisotopic (exact) mass is 795 g/mol. The van der Waals surface area contributed by atoms with E-state index in [4.69, 9.17) is 4.42 Å². The van der Waals surface area contributed by atoms with Crippen LogP contribution >= 0.6 is 0 Å². The summed E-state index contributed by atoms with van der Waals surface area (Å²) in [5.74, 6) is 0. The van der Waals surface area contributed by atoms with Crippen LogP contribution in [0.1, 0.15) is 26.3 Å². The molecule has 1 radical (unpaired) electrons. The maximum atomic E-state index is 6.35. The van der Waals surface area contributed by atoms with Gasteiger partial charge in [-0.2, -0.15) is 0 Å². The number of hydrogen-bond donors (Lipinski definition) is 0. The molecular weight excluding hydrogens is 757 g/mol. The van der Waals surface area contributed by atoms with Crippen LogP contribution in [-0.2, 0) is 25.5 Å². The molecular formula is C41H38IrN2OSi-2. The van der Waals surface area contributed by atoms with Gasteiger partial charge in [-0.15, -0.1) is 53.6 Å². The van der Waals surface area contributed by atoms with E-state index in [0.29, 0.717) is 0 Å². The Balaban J connectivity index is 0.000000209. The fourth-order valence-electron chi connectivity index (χ4n) is 5.32. The van der Waals surface area contributed by atoms with Gasteiger partial charge in [0.25, 0.3) is 0 Å². The van der Waals surface area contributed by atoms with E-state index >= 15 is 0 Å². The number of nitrogens with zero attached hydrogens (tertiary/aromatic N) is 2. The van der Waals surface area contributed by atoms with Gasteiger partial charge in [-0.1, -0.05) is 119 Å². The Hall–Kier alpha value is -4.15. The minimum atomic E-state index is -1.23. The second kappa shape index (κ2) is 13.7. The molecule has 0 bridgehead atoms. The Morgan fingerprint density at radius 1 is 0.696 bits per heavy atom. The first-order valence-electron chi connectivity index (χ1n) is 15.4. The van der Waals surface area contributed by atoms with E-state index in [-0.39, 0.29) is 25.5 Å².